The molecule has 0 aromatic rings. The fourth-order valence-electron chi connectivity index (χ4n) is 2.49. The Hall–Kier alpha value is -0.610. The van der Waals surface area contributed by atoms with Crippen molar-refractivity contribution in [3.63, 3.8) is 0 Å². The molecule has 1 rings (SSSR count). The van der Waals surface area contributed by atoms with Crippen molar-refractivity contribution in [1.82, 2.24) is 15.5 Å². The molecule has 0 atom stereocenters. The molecule has 1 amide bonds. The molecule has 0 aliphatic heterocycles. The summed E-state index contributed by atoms with van der Waals surface area (Å²) in [5, 5.41) is 6.03. The molecule has 0 aromatic carbocycles. The zero-order valence-electron chi connectivity index (χ0n) is 10.8. The van der Waals surface area contributed by atoms with E-state index < -0.39 is 0 Å². The van der Waals surface area contributed by atoms with Crippen molar-refractivity contribution in [3.8, 4) is 0 Å². The number of hydrogen-bond acceptors (Lipinski definition) is 3. The van der Waals surface area contributed by atoms with Gasteiger partial charge in [0.05, 0.1) is 6.54 Å². The lowest BCUT2D eigenvalue weighted by molar-refractivity contribution is -0.122. The van der Waals surface area contributed by atoms with Crippen molar-refractivity contribution in [2.45, 2.75) is 44.7 Å². The van der Waals surface area contributed by atoms with Gasteiger partial charge in [-0.25, -0.2) is 0 Å². The highest BCUT2D eigenvalue weighted by molar-refractivity contribution is 5.77. The van der Waals surface area contributed by atoms with Gasteiger partial charge in [-0.15, -0.1) is 0 Å². The second-order valence-electron chi connectivity index (χ2n) is 4.53. The van der Waals surface area contributed by atoms with Gasteiger partial charge in [-0.2, -0.15) is 0 Å². The van der Waals surface area contributed by atoms with Crippen LogP contribution in [0.5, 0.6) is 0 Å². The lowest BCUT2D eigenvalue weighted by atomic mass is 9.90. The molecule has 0 spiro atoms. The maximum absolute atomic E-state index is 11.4. The van der Waals surface area contributed by atoms with E-state index in [9.17, 15) is 4.79 Å². The molecule has 1 aliphatic rings. The van der Waals surface area contributed by atoms with E-state index in [1.165, 1.54) is 25.7 Å². The van der Waals surface area contributed by atoms with Crippen LogP contribution in [-0.4, -0.2) is 50.1 Å². The van der Waals surface area contributed by atoms with E-state index in [1.807, 2.05) is 7.05 Å². The molecule has 1 fully saturated rings. The van der Waals surface area contributed by atoms with Gasteiger partial charge in [0, 0.05) is 19.1 Å². The van der Waals surface area contributed by atoms with Crippen LogP contribution < -0.4 is 10.6 Å². The molecule has 0 aromatic heterocycles. The van der Waals surface area contributed by atoms with Crippen molar-refractivity contribution in [2.24, 2.45) is 0 Å². The summed E-state index contributed by atoms with van der Waals surface area (Å²) in [6, 6.07) is 1.27. The number of nitrogens with zero attached hydrogens (tertiary/aromatic N) is 1. The van der Waals surface area contributed by atoms with Gasteiger partial charge in [-0.1, -0.05) is 6.92 Å². The largest absolute Gasteiger partial charge is 0.358 e. The van der Waals surface area contributed by atoms with E-state index in [4.69, 9.17) is 0 Å². The van der Waals surface area contributed by atoms with Crippen LogP contribution in [0.2, 0.25) is 0 Å². The fraction of sp³-hybridized carbons (Fsp3) is 0.917. The molecule has 0 unspecified atom stereocenters. The van der Waals surface area contributed by atoms with Gasteiger partial charge in [0.1, 0.15) is 0 Å². The third kappa shape index (κ3) is 3.76. The first kappa shape index (κ1) is 13.5. The quantitative estimate of drug-likeness (QED) is 0.722. The molecule has 2 N–H and O–H groups in total. The summed E-state index contributed by atoms with van der Waals surface area (Å²) < 4.78 is 0. The normalized spacial score (nSPS) is 25.8. The van der Waals surface area contributed by atoms with Gasteiger partial charge < -0.3 is 10.6 Å². The Morgan fingerprint density at radius 3 is 2.31 bits per heavy atom. The molecule has 4 heteroatoms. The second-order valence-corrected chi connectivity index (χ2v) is 4.53. The molecule has 0 saturated heterocycles. The summed E-state index contributed by atoms with van der Waals surface area (Å²) in [7, 11) is 3.74. The Bertz CT molecular complexity index is 212. The second kappa shape index (κ2) is 6.86. The zero-order valence-corrected chi connectivity index (χ0v) is 10.8. The predicted octanol–water partition coefficient (Wildman–Crippen LogP) is 0.585. The summed E-state index contributed by atoms with van der Waals surface area (Å²) >= 11 is 0. The molecule has 4 nitrogen and oxygen atoms in total. The van der Waals surface area contributed by atoms with Crippen LogP contribution in [0.1, 0.15) is 32.6 Å². The van der Waals surface area contributed by atoms with E-state index in [-0.39, 0.29) is 5.91 Å². The highest BCUT2D eigenvalue weighted by Gasteiger charge is 2.25. The third-order valence-corrected chi connectivity index (χ3v) is 3.65. The van der Waals surface area contributed by atoms with Crippen LogP contribution >= 0.6 is 0 Å². The smallest absolute Gasteiger partial charge is 0.233 e. The van der Waals surface area contributed by atoms with Gasteiger partial charge >= 0.3 is 0 Å². The van der Waals surface area contributed by atoms with Crippen molar-refractivity contribution < 1.29 is 4.79 Å². The van der Waals surface area contributed by atoms with Gasteiger partial charge in [0.25, 0.3) is 0 Å². The summed E-state index contributed by atoms with van der Waals surface area (Å²) in [4.78, 5) is 13.7. The van der Waals surface area contributed by atoms with Crippen LogP contribution in [0.15, 0.2) is 0 Å². The maximum Gasteiger partial charge on any atom is 0.233 e. The van der Waals surface area contributed by atoms with Crippen molar-refractivity contribution in [1.29, 1.82) is 0 Å². The molecule has 0 bridgehead atoms. The van der Waals surface area contributed by atoms with E-state index in [0.717, 1.165) is 6.54 Å². The number of amides is 1. The van der Waals surface area contributed by atoms with Crippen LogP contribution in [0.3, 0.4) is 0 Å². The van der Waals surface area contributed by atoms with E-state index >= 15 is 0 Å². The minimum Gasteiger partial charge on any atom is -0.358 e. The van der Waals surface area contributed by atoms with Crippen LogP contribution in [0, 0.1) is 0 Å². The highest BCUT2D eigenvalue weighted by Crippen LogP contribution is 2.22. The van der Waals surface area contributed by atoms with E-state index in [0.29, 0.717) is 18.6 Å². The molecular weight excluding hydrogens is 202 g/mol. The Balaban J connectivity index is 2.39. The van der Waals surface area contributed by atoms with Crippen molar-refractivity contribution >= 4 is 5.91 Å². The topological polar surface area (TPSA) is 44.4 Å². The fourth-order valence-corrected chi connectivity index (χ4v) is 2.49. The molecular formula is C12H25N3O. The number of carbonyl (C=O) groups is 1. The SMILES string of the molecule is CCN(CC(=O)NC)C1CCC(NC)CC1. The molecule has 0 heterocycles. The Labute approximate surface area is 98.8 Å². The summed E-state index contributed by atoms with van der Waals surface area (Å²) in [6.45, 7) is 3.64. The van der Waals surface area contributed by atoms with Gasteiger partial charge in [0.2, 0.25) is 5.91 Å². The number of carbonyl (C=O) groups excluding carboxylic acids is 1. The number of hydrogen-bond donors (Lipinski definition) is 2. The van der Waals surface area contributed by atoms with Gasteiger partial charge in [-0.05, 0) is 39.3 Å². The molecule has 16 heavy (non-hydrogen) atoms. The van der Waals surface area contributed by atoms with E-state index in [2.05, 4.69) is 22.5 Å². The first-order valence-corrected chi connectivity index (χ1v) is 6.33. The standard InChI is InChI=1S/C12H25N3O/c1-4-15(9-12(16)14-3)11-7-5-10(13-2)6-8-11/h10-11,13H,4-9H2,1-3H3,(H,14,16). The highest BCUT2D eigenvalue weighted by atomic mass is 16.1. The van der Waals surface area contributed by atoms with E-state index in [1.54, 1.807) is 7.05 Å². The lowest BCUT2D eigenvalue weighted by Gasteiger charge is -2.35. The third-order valence-electron chi connectivity index (χ3n) is 3.65. The predicted molar refractivity (Wildman–Crippen MR) is 66.4 cm³/mol. The maximum atomic E-state index is 11.4. The van der Waals surface area contributed by atoms with Crippen LogP contribution in [0.25, 0.3) is 0 Å². The van der Waals surface area contributed by atoms with Crippen LogP contribution in [0.4, 0.5) is 0 Å². The van der Waals surface area contributed by atoms with Crippen LogP contribution in [-0.2, 0) is 4.79 Å². The minimum absolute atomic E-state index is 0.123. The van der Waals surface area contributed by atoms with Crippen molar-refractivity contribution in [3.05, 3.63) is 0 Å². The minimum atomic E-state index is 0.123. The average molecular weight is 227 g/mol. The summed E-state index contributed by atoms with van der Waals surface area (Å²) in [5.41, 5.74) is 0. The van der Waals surface area contributed by atoms with Gasteiger partial charge in [-0.3, -0.25) is 9.69 Å². The van der Waals surface area contributed by atoms with Crippen molar-refractivity contribution in [2.75, 3.05) is 27.2 Å². The first-order chi connectivity index (χ1) is 7.71. The Morgan fingerprint density at radius 2 is 1.88 bits per heavy atom. The molecule has 0 radical (unpaired) electrons. The summed E-state index contributed by atoms with van der Waals surface area (Å²) in [6.07, 6.45) is 4.86. The average Bonchev–Trinajstić information content (AvgIpc) is 2.35. The number of nitrogens with one attached hydrogen (secondary N) is 2. The number of rotatable bonds is 5. The molecule has 1 aliphatic carbocycles. The first-order valence-electron chi connectivity index (χ1n) is 6.33. The molecule has 94 valence electrons. The zero-order chi connectivity index (χ0) is 12.0. The summed E-state index contributed by atoms with van der Waals surface area (Å²) in [5.74, 6) is 0.123. The Morgan fingerprint density at radius 1 is 1.25 bits per heavy atom. The molecule has 1 saturated carbocycles. The lowest BCUT2D eigenvalue weighted by Crippen LogP contribution is -2.45. The number of likely N-dealkylation sites (N-methyl/N-ethyl adjacent to an activating group) is 2. The monoisotopic (exact) mass is 227 g/mol. The Kier molecular flexibility index (Phi) is 5.77. The van der Waals surface area contributed by atoms with Gasteiger partial charge in [0.15, 0.2) is 0 Å².